The van der Waals surface area contributed by atoms with Gasteiger partial charge in [0.25, 0.3) is 5.91 Å². The highest BCUT2D eigenvalue weighted by Crippen LogP contribution is 2.37. The topological polar surface area (TPSA) is 34.0 Å². The Labute approximate surface area is 141 Å². The number of carbonyl (C=O) groups excluding carboxylic acids is 1. The predicted octanol–water partition coefficient (Wildman–Crippen LogP) is 5.22. The number of aryl methyl sites for hydroxylation is 2. The molecule has 1 heterocycles. The Hall–Kier alpha value is -1.07. The molecular weight excluding hydrogens is 396 g/mol. The van der Waals surface area contributed by atoms with Gasteiger partial charge >= 0.3 is 0 Å². The van der Waals surface area contributed by atoms with Crippen LogP contribution in [0, 0.1) is 13.8 Å². The van der Waals surface area contributed by atoms with Crippen molar-refractivity contribution in [2.24, 2.45) is 0 Å². The molecule has 0 saturated heterocycles. The molecule has 1 aromatic heterocycles. The van der Waals surface area contributed by atoms with Crippen LogP contribution >= 0.6 is 31.9 Å². The first-order chi connectivity index (χ1) is 9.95. The number of carbonyl (C=O) groups is 1. The van der Waals surface area contributed by atoms with Crippen LogP contribution in [0.5, 0.6) is 0 Å². The Kier molecular flexibility index (Phi) is 3.97. The fourth-order valence-corrected chi connectivity index (χ4v) is 3.16. The summed E-state index contributed by atoms with van der Waals surface area (Å²) in [7, 11) is 0. The number of anilines is 1. The molecule has 5 heteroatoms. The minimum absolute atomic E-state index is 0.0614. The van der Waals surface area contributed by atoms with Gasteiger partial charge in [-0.25, -0.2) is 0 Å². The molecule has 1 aliphatic carbocycles. The Morgan fingerprint density at radius 2 is 1.81 bits per heavy atom. The highest BCUT2D eigenvalue weighted by molar-refractivity contribution is 9.10. The first-order valence-electron chi connectivity index (χ1n) is 6.91. The zero-order chi connectivity index (χ0) is 15.1. The molecule has 3 nitrogen and oxygen atoms in total. The van der Waals surface area contributed by atoms with Gasteiger partial charge in [0.05, 0.1) is 0 Å². The summed E-state index contributed by atoms with van der Waals surface area (Å²) < 4.78 is 4.10. The summed E-state index contributed by atoms with van der Waals surface area (Å²) in [5.41, 5.74) is 3.77. The molecule has 0 unspecified atom stereocenters. The number of rotatable bonds is 3. The van der Waals surface area contributed by atoms with Gasteiger partial charge in [-0.3, -0.25) is 4.79 Å². The molecule has 0 radical (unpaired) electrons. The second-order valence-electron chi connectivity index (χ2n) is 5.56. The normalized spacial score (nSPS) is 14.3. The lowest BCUT2D eigenvalue weighted by molar-refractivity contribution is 0.101. The van der Waals surface area contributed by atoms with Gasteiger partial charge in [-0.05, 0) is 71.9 Å². The summed E-state index contributed by atoms with van der Waals surface area (Å²) in [4.78, 5) is 12.5. The van der Waals surface area contributed by atoms with E-state index in [0.29, 0.717) is 11.7 Å². The molecule has 0 atom stereocenters. The van der Waals surface area contributed by atoms with Crippen molar-refractivity contribution in [3.8, 4) is 0 Å². The number of halogens is 2. The quantitative estimate of drug-likeness (QED) is 0.738. The number of aromatic nitrogens is 1. The lowest BCUT2D eigenvalue weighted by atomic mass is 10.1. The smallest absolute Gasteiger partial charge is 0.272 e. The van der Waals surface area contributed by atoms with Crippen LogP contribution < -0.4 is 5.32 Å². The van der Waals surface area contributed by atoms with Crippen molar-refractivity contribution >= 4 is 43.5 Å². The first-order valence-corrected chi connectivity index (χ1v) is 8.50. The van der Waals surface area contributed by atoms with E-state index in [4.69, 9.17) is 0 Å². The SMILES string of the molecule is Cc1cc(NC(=O)c2cc(Br)cn2C2CC2)cc(C)c1Br. The van der Waals surface area contributed by atoms with Crippen LogP contribution in [-0.4, -0.2) is 10.5 Å². The van der Waals surface area contributed by atoms with Gasteiger partial charge < -0.3 is 9.88 Å². The van der Waals surface area contributed by atoms with Crippen LogP contribution in [0.3, 0.4) is 0 Å². The van der Waals surface area contributed by atoms with Gasteiger partial charge in [0.15, 0.2) is 0 Å². The summed E-state index contributed by atoms with van der Waals surface area (Å²) in [6.45, 7) is 4.05. The highest BCUT2D eigenvalue weighted by Gasteiger charge is 2.27. The Bertz CT molecular complexity index is 694. The van der Waals surface area contributed by atoms with Gasteiger partial charge in [0.2, 0.25) is 0 Å². The number of hydrogen-bond donors (Lipinski definition) is 1. The fourth-order valence-electron chi connectivity index (χ4n) is 2.50. The number of benzene rings is 1. The molecule has 0 aliphatic heterocycles. The van der Waals surface area contributed by atoms with E-state index in [1.54, 1.807) is 0 Å². The average molecular weight is 412 g/mol. The maximum absolute atomic E-state index is 12.5. The Balaban J connectivity index is 1.87. The molecule has 2 aromatic rings. The number of nitrogens with one attached hydrogen (secondary N) is 1. The standard InChI is InChI=1S/C16H16Br2N2O/c1-9-5-12(6-10(2)15(9)18)19-16(21)14-7-11(17)8-20(14)13-3-4-13/h5-8,13H,3-4H2,1-2H3,(H,19,21). The molecule has 1 saturated carbocycles. The largest absolute Gasteiger partial charge is 0.339 e. The summed E-state index contributed by atoms with van der Waals surface area (Å²) in [5, 5.41) is 3.00. The van der Waals surface area contributed by atoms with Crippen molar-refractivity contribution in [3.63, 3.8) is 0 Å². The van der Waals surface area contributed by atoms with Gasteiger partial charge in [0.1, 0.15) is 5.69 Å². The second-order valence-corrected chi connectivity index (χ2v) is 7.27. The van der Waals surface area contributed by atoms with E-state index in [2.05, 4.69) is 41.7 Å². The van der Waals surface area contributed by atoms with E-state index < -0.39 is 0 Å². The molecule has 110 valence electrons. The molecule has 1 aliphatic rings. The number of hydrogen-bond acceptors (Lipinski definition) is 1. The fraction of sp³-hybridized carbons (Fsp3) is 0.312. The molecule has 0 spiro atoms. The zero-order valence-electron chi connectivity index (χ0n) is 11.9. The first kappa shape index (κ1) is 14.9. The van der Waals surface area contributed by atoms with Gasteiger partial charge in [0, 0.05) is 26.9 Å². The lowest BCUT2D eigenvalue weighted by Gasteiger charge is -2.11. The maximum Gasteiger partial charge on any atom is 0.272 e. The van der Waals surface area contributed by atoms with Crippen molar-refractivity contribution in [1.82, 2.24) is 4.57 Å². The van der Waals surface area contributed by atoms with Gasteiger partial charge in [-0.15, -0.1) is 0 Å². The minimum Gasteiger partial charge on any atom is -0.339 e. The third kappa shape index (κ3) is 3.09. The van der Waals surface area contributed by atoms with E-state index in [1.165, 1.54) is 0 Å². The molecular formula is C16H16Br2N2O. The molecule has 1 aromatic carbocycles. The minimum atomic E-state index is -0.0614. The van der Waals surface area contributed by atoms with Gasteiger partial charge in [-0.1, -0.05) is 15.9 Å². The molecule has 0 bridgehead atoms. The second kappa shape index (κ2) is 5.61. The van der Waals surface area contributed by atoms with E-state index in [1.807, 2.05) is 38.2 Å². The van der Waals surface area contributed by atoms with Crippen LogP contribution in [-0.2, 0) is 0 Å². The van der Waals surface area contributed by atoms with E-state index >= 15 is 0 Å². The van der Waals surface area contributed by atoms with E-state index in [0.717, 1.165) is 38.6 Å². The number of amides is 1. The van der Waals surface area contributed by atoms with Crippen LogP contribution in [0.15, 0.2) is 33.3 Å². The molecule has 21 heavy (non-hydrogen) atoms. The van der Waals surface area contributed by atoms with Crippen molar-refractivity contribution in [3.05, 3.63) is 50.2 Å². The summed E-state index contributed by atoms with van der Waals surface area (Å²) in [5.74, 6) is -0.0614. The van der Waals surface area contributed by atoms with Crippen molar-refractivity contribution in [2.45, 2.75) is 32.7 Å². The maximum atomic E-state index is 12.5. The average Bonchev–Trinajstić information content (AvgIpc) is 3.18. The Morgan fingerprint density at radius 3 is 2.38 bits per heavy atom. The van der Waals surface area contributed by atoms with Crippen LogP contribution in [0.4, 0.5) is 5.69 Å². The van der Waals surface area contributed by atoms with Crippen molar-refractivity contribution < 1.29 is 4.79 Å². The molecule has 1 fully saturated rings. The van der Waals surface area contributed by atoms with Crippen molar-refractivity contribution in [1.29, 1.82) is 0 Å². The van der Waals surface area contributed by atoms with E-state index in [-0.39, 0.29) is 5.91 Å². The predicted molar refractivity (Wildman–Crippen MR) is 92.0 cm³/mol. The summed E-state index contributed by atoms with van der Waals surface area (Å²) in [6, 6.07) is 6.32. The monoisotopic (exact) mass is 410 g/mol. The third-order valence-electron chi connectivity index (χ3n) is 3.68. The Morgan fingerprint density at radius 1 is 1.19 bits per heavy atom. The van der Waals surface area contributed by atoms with Crippen LogP contribution in [0.25, 0.3) is 0 Å². The lowest BCUT2D eigenvalue weighted by Crippen LogP contribution is -2.16. The zero-order valence-corrected chi connectivity index (χ0v) is 15.1. The van der Waals surface area contributed by atoms with Crippen molar-refractivity contribution in [2.75, 3.05) is 5.32 Å². The van der Waals surface area contributed by atoms with Gasteiger partial charge in [-0.2, -0.15) is 0 Å². The molecule has 1 amide bonds. The van der Waals surface area contributed by atoms with E-state index in [9.17, 15) is 4.79 Å². The molecule has 1 N–H and O–H groups in total. The van der Waals surface area contributed by atoms with Crippen LogP contribution in [0.2, 0.25) is 0 Å². The number of nitrogens with zero attached hydrogens (tertiary/aromatic N) is 1. The molecule has 3 rings (SSSR count). The van der Waals surface area contributed by atoms with Crippen LogP contribution in [0.1, 0.15) is 40.5 Å². The summed E-state index contributed by atoms with van der Waals surface area (Å²) >= 11 is 7.00. The summed E-state index contributed by atoms with van der Waals surface area (Å²) in [6.07, 6.45) is 4.29. The highest BCUT2D eigenvalue weighted by atomic mass is 79.9. The third-order valence-corrected chi connectivity index (χ3v) is 5.37.